The van der Waals surface area contributed by atoms with Gasteiger partial charge in [0.2, 0.25) is 0 Å². The first kappa shape index (κ1) is 11.5. The van der Waals surface area contributed by atoms with Crippen LogP contribution >= 0.6 is 0 Å². The monoisotopic (exact) mass is 256 g/mol. The SMILES string of the molecule is CCc1ccc2nc(-c3nc[nH]c3C(=O)O)[nH]c2c1. The summed E-state index contributed by atoms with van der Waals surface area (Å²) >= 11 is 0. The number of fused-ring (bicyclic) bond motifs is 1. The summed E-state index contributed by atoms with van der Waals surface area (Å²) in [5, 5.41) is 9.06. The second-order valence-electron chi connectivity index (χ2n) is 4.22. The highest BCUT2D eigenvalue weighted by Crippen LogP contribution is 2.22. The molecule has 3 rings (SSSR count). The number of rotatable bonds is 3. The summed E-state index contributed by atoms with van der Waals surface area (Å²) in [7, 11) is 0. The van der Waals surface area contributed by atoms with Gasteiger partial charge in [-0.05, 0) is 24.1 Å². The Balaban J connectivity index is 2.15. The molecule has 0 bridgehead atoms. The molecule has 0 saturated heterocycles. The standard InChI is InChI=1S/C13H12N4O2/c1-2-7-3-4-8-9(5-7)17-12(16-8)10-11(13(18)19)15-6-14-10/h3-6H,2H2,1H3,(H,14,15)(H,16,17)(H,18,19). The van der Waals surface area contributed by atoms with E-state index in [0.29, 0.717) is 11.5 Å². The number of carboxylic acids is 1. The Morgan fingerprint density at radius 2 is 2.26 bits per heavy atom. The summed E-state index contributed by atoms with van der Waals surface area (Å²) in [6.45, 7) is 2.08. The van der Waals surface area contributed by atoms with Crippen molar-refractivity contribution in [3.8, 4) is 11.5 Å². The highest BCUT2D eigenvalue weighted by molar-refractivity contribution is 5.92. The van der Waals surface area contributed by atoms with Crippen LogP contribution in [-0.4, -0.2) is 31.0 Å². The number of aromatic amines is 2. The van der Waals surface area contributed by atoms with E-state index in [-0.39, 0.29) is 5.69 Å². The predicted octanol–water partition coefficient (Wildman–Crippen LogP) is 2.21. The van der Waals surface area contributed by atoms with Crippen LogP contribution in [0.15, 0.2) is 24.5 Å². The highest BCUT2D eigenvalue weighted by atomic mass is 16.4. The normalized spacial score (nSPS) is 11.0. The maximum Gasteiger partial charge on any atom is 0.354 e. The van der Waals surface area contributed by atoms with Crippen molar-refractivity contribution in [1.82, 2.24) is 19.9 Å². The Kier molecular flexibility index (Phi) is 2.56. The van der Waals surface area contributed by atoms with Crippen LogP contribution in [0.25, 0.3) is 22.6 Å². The van der Waals surface area contributed by atoms with Gasteiger partial charge in [0, 0.05) is 0 Å². The van der Waals surface area contributed by atoms with Gasteiger partial charge < -0.3 is 15.1 Å². The van der Waals surface area contributed by atoms with Crippen LogP contribution in [0.4, 0.5) is 0 Å². The summed E-state index contributed by atoms with van der Waals surface area (Å²) in [6.07, 6.45) is 2.29. The second-order valence-corrected chi connectivity index (χ2v) is 4.22. The number of aromatic nitrogens is 4. The maximum atomic E-state index is 11.1. The highest BCUT2D eigenvalue weighted by Gasteiger charge is 2.17. The summed E-state index contributed by atoms with van der Waals surface area (Å²) in [6, 6.07) is 5.94. The van der Waals surface area contributed by atoms with E-state index in [1.807, 2.05) is 18.2 Å². The van der Waals surface area contributed by atoms with Crippen LogP contribution in [-0.2, 0) is 6.42 Å². The first-order valence-corrected chi connectivity index (χ1v) is 5.94. The molecule has 0 fully saturated rings. The fourth-order valence-electron chi connectivity index (χ4n) is 2.03. The zero-order chi connectivity index (χ0) is 13.4. The van der Waals surface area contributed by atoms with Crippen molar-refractivity contribution in [2.45, 2.75) is 13.3 Å². The molecule has 0 saturated carbocycles. The maximum absolute atomic E-state index is 11.1. The van der Waals surface area contributed by atoms with Gasteiger partial charge in [0.1, 0.15) is 5.69 Å². The van der Waals surface area contributed by atoms with E-state index in [1.165, 1.54) is 11.9 Å². The summed E-state index contributed by atoms with van der Waals surface area (Å²) in [5.41, 5.74) is 3.24. The molecule has 3 aromatic rings. The third kappa shape index (κ3) is 1.87. The molecule has 6 heteroatoms. The zero-order valence-electron chi connectivity index (χ0n) is 10.3. The Hall–Kier alpha value is -2.63. The van der Waals surface area contributed by atoms with Crippen molar-refractivity contribution in [2.24, 2.45) is 0 Å². The van der Waals surface area contributed by atoms with Gasteiger partial charge in [-0.15, -0.1) is 0 Å². The molecule has 0 aliphatic heterocycles. The number of nitrogens with one attached hydrogen (secondary N) is 2. The summed E-state index contributed by atoms with van der Waals surface area (Å²) in [4.78, 5) is 25.2. The van der Waals surface area contributed by atoms with Crippen LogP contribution in [0.1, 0.15) is 23.0 Å². The van der Waals surface area contributed by atoms with E-state index in [4.69, 9.17) is 5.11 Å². The van der Waals surface area contributed by atoms with Crippen molar-refractivity contribution in [3.05, 3.63) is 35.8 Å². The number of carbonyl (C=O) groups is 1. The molecule has 0 unspecified atom stereocenters. The molecule has 6 nitrogen and oxygen atoms in total. The number of imidazole rings is 2. The Labute approximate surface area is 108 Å². The quantitative estimate of drug-likeness (QED) is 0.669. The second kappa shape index (κ2) is 4.24. The number of hydrogen-bond donors (Lipinski definition) is 3. The van der Waals surface area contributed by atoms with Gasteiger partial charge in [0.25, 0.3) is 0 Å². The lowest BCUT2D eigenvalue weighted by atomic mass is 10.1. The first-order valence-electron chi connectivity index (χ1n) is 5.94. The van der Waals surface area contributed by atoms with E-state index < -0.39 is 5.97 Å². The third-order valence-corrected chi connectivity index (χ3v) is 3.03. The number of aryl methyl sites for hydroxylation is 1. The van der Waals surface area contributed by atoms with E-state index in [1.54, 1.807) is 0 Å². The molecule has 0 aliphatic rings. The van der Waals surface area contributed by atoms with E-state index in [2.05, 4.69) is 26.9 Å². The van der Waals surface area contributed by atoms with Gasteiger partial charge in [0.15, 0.2) is 11.5 Å². The molecular weight excluding hydrogens is 244 g/mol. The topological polar surface area (TPSA) is 94.7 Å². The molecule has 19 heavy (non-hydrogen) atoms. The van der Waals surface area contributed by atoms with Gasteiger partial charge >= 0.3 is 5.97 Å². The molecule has 0 atom stereocenters. The lowest BCUT2D eigenvalue weighted by Gasteiger charge is -1.94. The zero-order valence-corrected chi connectivity index (χ0v) is 10.3. The van der Waals surface area contributed by atoms with Gasteiger partial charge in [-0.3, -0.25) is 0 Å². The van der Waals surface area contributed by atoms with Crippen LogP contribution in [0.3, 0.4) is 0 Å². The molecule has 0 radical (unpaired) electrons. The third-order valence-electron chi connectivity index (χ3n) is 3.03. The Morgan fingerprint density at radius 3 is 3.00 bits per heavy atom. The number of aromatic carboxylic acids is 1. The fraction of sp³-hybridized carbons (Fsp3) is 0.154. The predicted molar refractivity (Wildman–Crippen MR) is 70.0 cm³/mol. The summed E-state index contributed by atoms with van der Waals surface area (Å²) in [5.74, 6) is -0.593. The number of carboxylic acid groups (broad SMARTS) is 1. The van der Waals surface area contributed by atoms with Crippen LogP contribution in [0.2, 0.25) is 0 Å². The lowest BCUT2D eigenvalue weighted by molar-refractivity contribution is 0.0692. The van der Waals surface area contributed by atoms with E-state index in [9.17, 15) is 4.79 Å². The summed E-state index contributed by atoms with van der Waals surface area (Å²) < 4.78 is 0. The van der Waals surface area contributed by atoms with Gasteiger partial charge in [-0.2, -0.15) is 0 Å². The average Bonchev–Trinajstić information content (AvgIpc) is 3.03. The fourth-order valence-corrected chi connectivity index (χ4v) is 2.03. The van der Waals surface area contributed by atoms with Gasteiger partial charge in [-0.1, -0.05) is 13.0 Å². The van der Waals surface area contributed by atoms with Gasteiger partial charge in [-0.25, -0.2) is 14.8 Å². The molecule has 2 aromatic heterocycles. The molecule has 0 amide bonds. The first-order chi connectivity index (χ1) is 9.19. The minimum Gasteiger partial charge on any atom is -0.477 e. The van der Waals surface area contributed by atoms with Crippen LogP contribution in [0, 0.1) is 0 Å². The molecule has 1 aromatic carbocycles. The van der Waals surface area contributed by atoms with Crippen molar-refractivity contribution in [2.75, 3.05) is 0 Å². The number of nitrogens with zero attached hydrogens (tertiary/aromatic N) is 2. The molecule has 2 heterocycles. The molecule has 3 N–H and O–H groups in total. The van der Waals surface area contributed by atoms with Crippen molar-refractivity contribution < 1.29 is 9.90 Å². The average molecular weight is 256 g/mol. The van der Waals surface area contributed by atoms with Crippen LogP contribution < -0.4 is 0 Å². The van der Waals surface area contributed by atoms with E-state index in [0.717, 1.165) is 17.5 Å². The Bertz CT molecular complexity index is 757. The van der Waals surface area contributed by atoms with Crippen molar-refractivity contribution >= 4 is 17.0 Å². The van der Waals surface area contributed by atoms with Crippen LogP contribution in [0.5, 0.6) is 0 Å². The van der Waals surface area contributed by atoms with Gasteiger partial charge in [0.05, 0.1) is 17.4 Å². The van der Waals surface area contributed by atoms with Crippen molar-refractivity contribution in [1.29, 1.82) is 0 Å². The van der Waals surface area contributed by atoms with Crippen molar-refractivity contribution in [3.63, 3.8) is 0 Å². The minimum atomic E-state index is -1.05. The number of H-pyrrole nitrogens is 2. The molecular formula is C13H12N4O2. The minimum absolute atomic E-state index is 0.0368. The van der Waals surface area contributed by atoms with E-state index >= 15 is 0 Å². The molecule has 96 valence electrons. The Morgan fingerprint density at radius 1 is 1.42 bits per heavy atom. The number of benzene rings is 1. The molecule has 0 aliphatic carbocycles. The lowest BCUT2D eigenvalue weighted by Crippen LogP contribution is -1.99. The number of hydrogen-bond acceptors (Lipinski definition) is 3. The largest absolute Gasteiger partial charge is 0.477 e. The smallest absolute Gasteiger partial charge is 0.354 e. The molecule has 0 spiro atoms.